The Bertz CT molecular complexity index is 1620. The molecular formula is C30H32FN5O2. The van der Waals surface area contributed by atoms with E-state index in [0.29, 0.717) is 13.2 Å². The molecule has 1 fully saturated rings. The molecule has 1 unspecified atom stereocenters. The van der Waals surface area contributed by atoms with Gasteiger partial charge in [-0.1, -0.05) is 29.5 Å². The van der Waals surface area contributed by atoms with Gasteiger partial charge in [-0.15, -0.1) is 5.10 Å². The van der Waals surface area contributed by atoms with Gasteiger partial charge in [-0.3, -0.25) is 4.98 Å². The lowest BCUT2D eigenvalue weighted by molar-refractivity contribution is 0.0552. The van der Waals surface area contributed by atoms with Crippen LogP contribution in [0.25, 0.3) is 33.2 Å². The highest BCUT2D eigenvalue weighted by atomic mass is 19.1. The van der Waals surface area contributed by atoms with Crippen LogP contribution < -0.4 is 0 Å². The van der Waals surface area contributed by atoms with E-state index in [1.807, 2.05) is 38.4 Å². The normalized spacial score (nSPS) is 15.9. The Labute approximate surface area is 220 Å². The highest BCUT2D eigenvalue weighted by Gasteiger charge is 2.31. The van der Waals surface area contributed by atoms with Gasteiger partial charge >= 0.3 is 0 Å². The molecule has 0 radical (unpaired) electrons. The third-order valence-electron chi connectivity index (χ3n) is 7.80. The van der Waals surface area contributed by atoms with Gasteiger partial charge in [0.1, 0.15) is 5.82 Å². The van der Waals surface area contributed by atoms with Crippen molar-refractivity contribution in [2.75, 3.05) is 13.2 Å². The molecule has 1 saturated heterocycles. The van der Waals surface area contributed by atoms with Gasteiger partial charge in [0.15, 0.2) is 0 Å². The van der Waals surface area contributed by atoms with Crippen LogP contribution >= 0.6 is 0 Å². The van der Waals surface area contributed by atoms with Crippen LogP contribution in [0.2, 0.25) is 0 Å². The van der Waals surface area contributed by atoms with E-state index >= 15 is 0 Å². The summed E-state index contributed by atoms with van der Waals surface area (Å²) in [5, 5.41) is 20.3. The highest BCUT2D eigenvalue weighted by Crippen LogP contribution is 2.42. The van der Waals surface area contributed by atoms with Crippen LogP contribution in [0, 0.1) is 18.7 Å². The molecule has 38 heavy (non-hydrogen) atoms. The quantitative estimate of drug-likeness (QED) is 0.327. The maximum absolute atomic E-state index is 14.6. The summed E-state index contributed by atoms with van der Waals surface area (Å²) < 4.78 is 24.4. The van der Waals surface area contributed by atoms with E-state index in [1.165, 1.54) is 6.07 Å². The standard InChI is InChI=1S/C30H32FN5O2/c1-18-28(35(4)34-33-18)21-15-26-27(32-17-21)24-9-8-22(30(2,3)37)16-25(24)36(26)29(19-10-12-38-13-11-19)20-6-5-7-23(31)14-20/h5-9,14-17,19,29,37H,10-13H2,1-4H3. The zero-order valence-electron chi connectivity index (χ0n) is 22.1. The lowest BCUT2D eigenvalue weighted by Gasteiger charge is -2.33. The van der Waals surface area contributed by atoms with Gasteiger partial charge in [0.25, 0.3) is 0 Å². The Morgan fingerprint density at radius 3 is 2.55 bits per heavy atom. The summed E-state index contributed by atoms with van der Waals surface area (Å²) >= 11 is 0. The molecule has 0 saturated carbocycles. The second-order valence-electron chi connectivity index (χ2n) is 10.8. The molecule has 7 nitrogen and oxygen atoms in total. The average Bonchev–Trinajstić information content (AvgIpc) is 3.40. The first kappa shape index (κ1) is 24.7. The molecule has 6 rings (SSSR count). The zero-order valence-corrected chi connectivity index (χ0v) is 22.1. The lowest BCUT2D eigenvalue weighted by Crippen LogP contribution is -2.27. The Morgan fingerprint density at radius 2 is 1.87 bits per heavy atom. The number of hydrogen-bond acceptors (Lipinski definition) is 5. The Hall–Kier alpha value is -3.62. The second kappa shape index (κ2) is 9.29. The van der Waals surface area contributed by atoms with E-state index in [-0.39, 0.29) is 17.8 Å². The minimum atomic E-state index is -1.02. The third-order valence-corrected chi connectivity index (χ3v) is 7.80. The lowest BCUT2D eigenvalue weighted by atomic mass is 9.86. The summed E-state index contributed by atoms with van der Waals surface area (Å²) in [4.78, 5) is 4.95. The number of aliphatic hydroxyl groups is 1. The molecule has 1 aliphatic heterocycles. The van der Waals surface area contributed by atoms with Crippen molar-refractivity contribution in [3.63, 3.8) is 0 Å². The van der Waals surface area contributed by atoms with Crippen molar-refractivity contribution in [2.45, 2.75) is 45.3 Å². The molecule has 0 bridgehead atoms. The number of pyridine rings is 1. The zero-order chi connectivity index (χ0) is 26.6. The minimum absolute atomic E-state index is 0.144. The molecule has 1 N–H and O–H groups in total. The minimum Gasteiger partial charge on any atom is -0.386 e. The van der Waals surface area contributed by atoms with Crippen LogP contribution in [0.15, 0.2) is 54.7 Å². The summed E-state index contributed by atoms with van der Waals surface area (Å²) in [5.41, 5.74) is 6.13. The van der Waals surface area contributed by atoms with Crippen LogP contribution in [0.1, 0.15) is 49.6 Å². The van der Waals surface area contributed by atoms with Crippen molar-refractivity contribution < 1.29 is 14.2 Å². The van der Waals surface area contributed by atoms with Gasteiger partial charge in [0.05, 0.1) is 39.6 Å². The number of nitrogens with zero attached hydrogens (tertiary/aromatic N) is 5. The van der Waals surface area contributed by atoms with Gasteiger partial charge < -0.3 is 14.4 Å². The first-order chi connectivity index (χ1) is 18.2. The number of fused-ring (bicyclic) bond motifs is 3. The van der Waals surface area contributed by atoms with E-state index < -0.39 is 5.60 Å². The van der Waals surface area contributed by atoms with Crippen molar-refractivity contribution in [3.8, 4) is 11.3 Å². The van der Waals surface area contributed by atoms with E-state index in [2.05, 4.69) is 27.0 Å². The number of ether oxygens (including phenoxy) is 1. The molecule has 196 valence electrons. The van der Waals surface area contributed by atoms with Crippen LogP contribution in [0.3, 0.4) is 0 Å². The van der Waals surface area contributed by atoms with Gasteiger partial charge in [0.2, 0.25) is 0 Å². The van der Waals surface area contributed by atoms with Crippen molar-refractivity contribution in [2.24, 2.45) is 13.0 Å². The maximum atomic E-state index is 14.6. The van der Waals surface area contributed by atoms with Crippen molar-refractivity contribution in [1.29, 1.82) is 0 Å². The van der Waals surface area contributed by atoms with E-state index in [4.69, 9.17) is 9.72 Å². The molecule has 5 aromatic rings. The summed E-state index contributed by atoms with van der Waals surface area (Å²) in [6, 6.07) is 15.0. The smallest absolute Gasteiger partial charge is 0.123 e. The summed E-state index contributed by atoms with van der Waals surface area (Å²) in [7, 11) is 1.88. The second-order valence-corrected chi connectivity index (χ2v) is 10.8. The molecule has 1 aliphatic rings. The number of halogens is 1. The predicted molar refractivity (Wildman–Crippen MR) is 145 cm³/mol. The van der Waals surface area contributed by atoms with E-state index in [0.717, 1.165) is 62.9 Å². The summed E-state index contributed by atoms with van der Waals surface area (Å²) in [6.45, 7) is 6.86. The fourth-order valence-electron chi connectivity index (χ4n) is 5.93. The van der Waals surface area contributed by atoms with E-state index in [1.54, 1.807) is 30.7 Å². The molecule has 2 aromatic carbocycles. The first-order valence-electron chi connectivity index (χ1n) is 13.1. The molecule has 8 heteroatoms. The van der Waals surface area contributed by atoms with Gasteiger partial charge in [-0.25, -0.2) is 9.07 Å². The van der Waals surface area contributed by atoms with Crippen LogP contribution in [0.4, 0.5) is 4.39 Å². The van der Waals surface area contributed by atoms with Gasteiger partial charge in [-0.05, 0) is 74.9 Å². The molecule has 3 aromatic heterocycles. The number of hydrogen-bond donors (Lipinski definition) is 1. The molecule has 1 atom stereocenters. The number of aryl methyl sites for hydroxylation is 2. The Kier molecular flexibility index (Phi) is 6.04. The van der Waals surface area contributed by atoms with Crippen LogP contribution in [0.5, 0.6) is 0 Å². The summed E-state index contributed by atoms with van der Waals surface area (Å²) in [5.74, 6) is -0.0215. The number of rotatable bonds is 5. The average molecular weight is 514 g/mol. The topological polar surface area (TPSA) is 78.0 Å². The molecular weight excluding hydrogens is 481 g/mol. The Morgan fingerprint density at radius 1 is 1.08 bits per heavy atom. The van der Waals surface area contributed by atoms with Crippen molar-refractivity contribution in [3.05, 3.63) is 77.4 Å². The number of aromatic nitrogens is 5. The SMILES string of the molecule is Cc1nnn(C)c1-c1cnc2c3ccc(C(C)(C)O)cc3n(C(c3cccc(F)c3)C3CCOCC3)c2c1. The fraction of sp³-hybridized carbons (Fsp3) is 0.367. The number of benzene rings is 2. The largest absolute Gasteiger partial charge is 0.386 e. The fourth-order valence-corrected chi connectivity index (χ4v) is 5.93. The van der Waals surface area contributed by atoms with Crippen molar-refractivity contribution >= 4 is 21.9 Å². The molecule has 0 amide bonds. The predicted octanol–water partition coefficient (Wildman–Crippen LogP) is 5.68. The molecule has 0 aliphatic carbocycles. The third kappa shape index (κ3) is 4.18. The monoisotopic (exact) mass is 513 g/mol. The van der Waals surface area contributed by atoms with Gasteiger partial charge in [-0.2, -0.15) is 0 Å². The van der Waals surface area contributed by atoms with E-state index in [9.17, 15) is 9.50 Å². The van der Waals surface area contributed by atoms with Crippen LogP contribution in [-0.4, -0.2) is 42.9 Å². The Balaban J connectivity index is 1.70. The van der Waals surface area contributed by atoms with Crippen LogP contribution in [-0.2, 0) is 17.4 Å². The molecule has 4 heterocycles. The maximum Gasteiger partial charge on any atom is 0.123 e. The molecule has 0 spiro atoms. The summed E-state index contributed by atoms with van der Waals surface area (Å²) in [6.07, 6.45) is 3.60. The first-order valence-corrected chi connectivity index (χ1v) is 13.1. The highest BCUT2D eigenvalue weighted by molar-refractivity contribution is 6.07. The van der Waals surface area contributed by atoms with Gasteiger partial charge in [0, 0.05) is 37.4 Å². The van der Waals surface area contributed by atoms with Crippen molar-refractivity contribution in [1.82, 2.24) is 24.5 Å².